The van der Waals surface area contributed by atoms with Crippen molar-refractivity contribution in [1.82, 2.24) is 10.2 Å². The minimum atomic E-state index is -0.102. The lowest BCUT2D eigenvalue weighted by molar-refractivity contribution is 0.0947. The molecule has 22 heavy (non-hydrogen) atoms. The van der Waals surface area contributed by atoms with Gasteiger partial charge in [-0.15, -0.1) is 0 Å². The fraction of sp³-hybridized carbons (Fsp3) is 0.529. The summed E-state index contributed by atoms with van der Waals surface area (Å²) in [6.07, 6.45) is 2.17. The molecule has 0 bridgehead atoms. The van der Waals surface area contributed by atoms with Crippen molar-refractivity contribution in [3.8, 4) is 6.07 Å². The molecule has 1 aliphatic rings. The van der Waals surface area contributed by atoms with Crippen LogP contribution in [0.5, 0.6) is 0 Å². The molecule has 2 rings (SSSR count). The number of carbonyl (C=O) groups is 1. The molecule has 1 atom stereocenters. The molecule has 1 amide bonds. The van der Waals surface area contributed by atoms with E-state index in [9.17, 15) is 4.79 Å². The molecule has 0 aromatic heterocycles. The van der Waals surface area contributed by atoms with Gasteiger partial charge in [0.1, 0.15) is 0 Å². The number of nitrogens with one attached hydrogen (secondary N) is 1. The smallest absolute Gasteiger partial charge is 0.251 e. The highest BCUT2D eigenvalue weighted by atomic mass is 16.5. The van der Waals surface area contributed by atoms with E-state index in [2.05, 4.69) is 16.3 Å². The third-order valence-electron chi connectivity index (χ3n) is 4.00. The normalized spacial score (nSPS) is 18.1. The van der Waals surface area contributed by atoms with Gasteiger partial charge in [0.25, 0.3) is 5.91 Å². The third kappa shape index (κ3) is 4.83. The van der Waals surface area contributed by atoms with Gasteiger partial charge in [-0.25, -0.2) is 0 Å². The first-order valence-corrected chi connectivity index (χ1v) is 7.72. The molecule has 0 radical (unpaired) electrons. The van der Waals surface area contributed by atoms with E-state index >= 15 is 0 Å². The van der Waals surface area contributed by atoms with Gasteiger partial charge in [-0.3, -0.25) is 4.79 Å². The standard InChI is InChI=1S/C17H23N3O2/c1-22-9-3-7-20-8-6-15(13-20)12-19-17(21)16-5-2-4-14(10-16)11-18/h2,4-5,10,15H,3,6-9,12-13H2,1H3,(H,19,21)/t15-/m1/s1. The van der Waals surface area contributed by atoms with Crippen LogP contribution < -0.4 is 5.32 Å². The molecular formula is C17H23N3O2. The molecule has 1 aromatic rings. The van der Waals surface area contributed by atoms with Gasteiger partial charge in [0.2, 0.25) is 0 Å². The average Bonchev–Trinajstić information content (AvgIpc) is 3.01. The van der Waals surface area contributed by atoms with Gasteiger partial charge in [-0.1, -0.05) is 6.07 Å². The molecule has 0 aliphatic carbocycles. The predicted octanol–water partition coefficient (Wildman–Crippen LogP) is 1.65. The molecule has 0 spiro atoms. The van der Waals surface area contributed by atoms with Gasteiger partial charge in [0, 0.05) is 38.9 Å². The van der Waals surface area contributed by atoms with Crippen molar-refractivity contribution in [2.45, 2.75) is 12.8 Å². The van der Waals surface area contributed by atoms with Crippen molar-refractivity contribution in [3.63, 3.8) is 0 Å². The van der Waals surface area contributed by atoms with E-state index in [4.69, 9.17) is 10.00 Å². The van der Waals surface area contributed by atoms with E-state index in [0.717, 1.165) is 39.1 Å². The lowest BCUT2D eigenvalue weighted by Crippen LogP contribution is -2.31. The van der Waals surface area contributed by atoms with Crippen LogP contribution in [0.4, 0.5) is 0 Å². The maximum Gasteiger partial charge on any atom is 0.251 e. The average molecular weight is 301 g/mol. The van der Waals surface area contributed by atoms with Crippen molar-refractivity contribution < 1.29 is 9.53 Å². The zero-order valence-corrected chi connectivity index (χ0v) is 13.0. The van der Waals surface area contributed by atoms with Gasteiger partial charge in [0.05, 0.1) is 11.6 Å². The van der Waals surface area contributed by atoms with Crippen molar-refractivity contribution in [3.05, 3.63) is 35.4 Å². The lowest BCUT2D eigenvalue weighted by Gasteiger charge is -2.16. The van der Waals surface area contributed by atoms with Crippen LogP contribution >= 0.6 is 0 Å². The van der Waals surface area contributed by atoms with Crippen LogP contribution in [0.3, 0.4) is 0 Å². The zero-order valence-electron chi connectivity index (χ0n) is 13.0. The molecule has 1 N–H and O–H groups in total. The molecular weight excluding hydrogens is 278 g/mol. The summed E-state index contributed by atoms with van der Waals surface area (Å²) in [7, 11) is 1.73. The third-order valence-corrected chi connectivity index (χ3v) is 4.00. The van der Waals surface area contributed by atoms with Crippen LogP contribution in [0.2, 0.25) is 0 Å². The molecule has 1 heterocycles. The van der Waals surface area contributed by atoms with E-state index in [-0.39, 0.29) is 5.91 Å². The Morgan fingerprint density at radius 1 is 1.55 bits per heavy atom. The second-order valence-electron chi connectivity index (χ2n) is 5.70. The summed E-state index contributed by atoms with van der Waals surface area (Å²) in [5, 5.41) is 11.8. The maximum atomic E-state index is 12.1. The van der Waals surface area contributed by atoms with Crippen LogP contribution in [0.1, 0.15) is 28.8 Å². The summed E-state index contributed by atoms with van der Waals surface area (Å²) in [4.78, 5) is 14.5. The summed E-state index contributed by atoms with van der Waals surface area (Å²) < 4.78 is 5.07. The number of benzene rings is 1. The second-order valence-corrected chi connectivity index (χ2v) is 5.70. The molecule has 0 unspecified atom stereocenters. The number of carbonyl (C=O) groups excluding carboxylic acids is 1. The summed E-state index contributed by atoms with van der Waals surface area (Å²) in [5.41, 5.74) is 1.06. The van der Waals surface area contributed by atoms with Gasteiger partial charge >= 0.3 is 0 Å². The van der Waals surface area contributed by atoms with Gasteiger partial charge < -0.3 is 15.0 Å². The monoisotopic (exact) mass is 301 g/mol. The maximum absolute atomic E-state index is 12.1. The Morgan fingerprint density at radius 3 is 3.18 bits per heavy atom. The van der Waals surface area contributed by atoms with E-state index < -0.39 is 0 Å². The quantitative estimate of drug-likeness (QED) is 0.778. The van der Waals surface area contributed by atoms with Gasteiger partial charge in [0.15, 0.2) is 0 Å². The van der Waals surface area contributed by atoms with Crippen molar-refractivity contribution in [2.24, 2.45) is 5.92 Å². The Kier molecular flexibility index (Phi) is 6.38. The summed E-state index contributed by atoms with van der Waals surface area (Å²) in [5.74, 6) is 0.403. The lowest BCUT2D eigenvalue weighted by atomic mass is 10.1. The number of rotatable bonds is 7. The summed E-state index contributed by atoms with van der Waals surface area (Å²) in [6, 6.07) is 8.85. The van der Waals surface area contributed by atoms with Crippen molar-refractivity contribution in [2.75, 3.05) is 39.9 Å². The van der Waals surface area contributed by atoms with Crippen molar-refractivity contribution >= 4 is 5.91 Å². The van der Waals surface area contributed by atoms with E-state index in [0.29, 0.717) is 23.6 Å². The van der Waals surface area contributed by atoms with Gasteiger partial charge in [-0.2, -0.15) is 5.26 Å². The topological polar surface area (TPSA) is 65.4 Å². The SMILES string of the molecule is COCCCN1CC[C@H](CNC(=O)c2cccc(C#N)c2)C1. The number of nitrogens with zero attached hydrogens (tertiary/aromatic N) is 2. The van der Waals surface area contributed by atoms with Gasteiger partial charge in [-0.05, 0) is 43.5 Å². The number of hydrogen-bond donors (Lipinski definition) is 1. The number of hydrogen-bond acceptors (Lipinski definition) is 4. The molecule has 118 valence electrons. The highest BCUT2D eigenvalue weighted by Gasteiger charge is 2.22. The van der Waals surface area contributed by atoms with E-state index in [1.165, 1.54) is 0 Å². The molecule has 1 fully saturated rings. The number of likely N-dealkylation sites (tertiary alicyclic amines) is 1. The molecule has 5 nitrogen and oxygen atoms in total. The fourth-order valence-electron chi connectivity index (χ4n) is 2.78. The molecule has 0 saturated carbocycles. The van der Waals surface area contributed by atoms with Crippen LogP contribution in [0, 0.1) is 17.2 Å². The second kappa shape index (κ2) is 8.52. The minimum absolute atomic E-state index is 0.102. The highest BCUT2D eigenvalue weighted by molar-refractivity contribution is 5.94. The first-order valence-electron chi connectivity index (χ1n) is 7.72. The number of amides is 1. The zero-order chi connectivity index (χ0) is 15.8. The number of nitriles is 1. The van der Waals surface area contributed by atoms with E-state index in [1.807, 2.05) is 0 Å². The highest BCUT2D eigenvalue weighted by Crippen LogP contribution is 2.15. The Bertz CT molecular complexity index is 539. The summed E-state index contributed by atoms with van der Waals surface area (Å²) >= 11 is 0. The first-order chi connectivity index (χ1) is 10.7. The number of methoxy groups -OCH3 is 1. The summed E-state index contributed by atoms with van der Waals surface area (Å²) in [6.45, 7) is 4.67. The number of ether oxygens (including phenoxy) is 1. The molecule has 1 saturated heterocycles. The minimum Gasteiger partial charge on any atom is -0.385 e. The predicted molar refractivity (Wildman–Crippen MR) is 84.5 cm³/mol. The van der Waals surface area contributed by atoms with Crippen LogP contribution in [-0.4, -0.2) is 50.7 Å². The Morgan fingerprint density at radius 2 is 2.41 bits per heavy atom. The Labute approximate surface area is 131 Å². The van der Waals surface area contributed by atoms with Crippen LogP contribution in [-0.2, 0) is 4.74 Å². The largest absolute Gasteiger partial charge is 0.385 e. The van der Waals surface area contributed by atoms with E-state index in [1.54, 1.807) is 31.4 Å². The first kappa shape index (κ1) is 16.5. The Balaban J connectivity index is 1.74. The molecule has 1 aromatic carbocycles. The van der Waals surface area contributed by atoms with Crippen LogP contribution in [0.15, 0.2) is 24.3 Å². The molecule has 1 aliphatic heterocycles. The van der Waals surface area contributed by atoms with Crippen molar-refractivity contribution in [1.29, 1.82) is 5.26 Å². The Hall–Kier alpha value is -1.90. The fourth-order valence-corrected chi connectivity index (χ4v) is 2.78. The van der Waals surface area contributed by atoms with Crippen LogP contribution in [0.25, 0.3) is 0 Å². The molecule has 5 heteroatoms.